The maximum Gasteiger partial charge on any atom is 0.122 e. The number of halogens is 2. The Kier molecular flexibility index (Phi) is 4.82. The van der Waals surface area contributed by atoms with Crippen molar-refractivity contribution in [3.8, 4) is 5.75 Å². The quantitative estimate of drug-likeness (QED) is 0.839. The number of methoxy groups -OCH3 is 1. The summed E-state index contributed by atoms with van der Waals surface area (Å²) in [5.41, 5.74) is 2.93. The molecule has 1 aromatic heterocycles. The van der Waals surface area contributed by atoms with Gasteiger partial charge in [-0.25, -0.2) is 0 Å². The van der Waals surface area contributed by atoms with Gasteiger partial charge in [-0.3, -0.25) is 4.98 Å². The second kappa shape index (κ2) is 6.39. The summed E-state index contributed by atoms with van der Waals surface area (Å²) < 4.78 is 7.30. The first-order chi connectivity index (χ1) is 9.08. The number of aryl methyl sites for hydroxylation is 1. The van der Waals surface area contributed by atoms with Crippen LogP contribution in [0, 0.1) is 6.92 Å². The van der Waals surface area contributed by atoms with Gasteiger partial charge >= 0.3 is 0 Å². The van der Waals surface area contributed by atoms with Gasteiger partial charge in [0.2, 0.25) is 0 Å². The number of ether oxygens (including phenoxy) is 1. The molecule has 0 spiro atoms. The van der Waals surface area contributed by atoms with E-state index in [9.17, 15) is 0 Å². The lowest BCUT2D eigenvalue weighted by molar-refractivity contribution is 0.413. The van der Waals surface area contributed by atoms with Crippen molar-refractivity contribution in [2.45, 2.75) is 13.5 Å². The number of pyridine rings is 1. The molecule has 0 saturated carbocycles. The average Bonchev–Trinajstić information content (AvgIpc) is 2.37. The molecule has 100 valence electrons. The van der Waals surface area contributed by atoms with Crippen LogP contribution in [0.2, 0.25) is 0 Å². The van der Waals surface area contributed by atoms with E-state index in [1.54, 1.807) is 7.11 Å². The maximum absolute atomic E-state index is 5.24. The summed E-state index contributed by atoms with van der Waals surface area (Å²) in [5.74, 6) is 0.833. The van der Waals surface area contributed by atoms with Crippen molar-refractivity contribution < 1.29 is 4.74 Å². The van der Waals surface area contributed by atoms with Gasteiger partial charge in [0.15, 0.2) is 0 Å². The molecule has 0 saturated heterocycles. The summed E-state index contributed by atoms with van der Waals surface area (Å²) in [6.45, 7) is 2.61. The second-order valence-corrected chi connectivity index (χ2v) is 5.89. The van der Waals surface area contributed by atoms with Gasteiger partial charge in [-0.2, -0.15) is 0 Å². The predicted octanol–water partition coefficient (Wildman–Crippen LogP) is 4.54. The molecule has 0 atom stereocenters. The van der Waals surface area contributed by atoms with Crippen LogP contribution in [0.5, 0.6) is 5.75 Å². The third kappa shape index (κ3) is 3.94. The summed E-state index contributed by atoms with van der Waals surface area (Å²) in [6.07, 6.45) is 0. The van der Waals surface area contributed by atoms with Crippen LogP contribution in [0.4, 0.5) is 5.69 Å². The van der Waals surface area contributed by atoms with Gasteiger partial charge < -0.3 is 10.1 Å². The lowest BCUT2D eigenvalue weighted by Crippen LogP contribution is -2.03. The summed E-state index contributed by atoms with van der Waals surface area (Å²) in [4.78, 5) is 4.48. The lowest BCUT2D eigenvalue weighted by Gasteiger charge is -2.10. The number of rotatable bonds is 4. The number of aromatic nitrogens is 1. The molecule has 0 bridgehead atoms. The van der Waals surface area contributed by atoms with E-state index in [-0.39, 0.29) is 0 Å². The Morgan fingerprint density at radius 1 is 1.21 bits per heavy atom. The topological polar surface area (TPSA) is 34.1 Å². The zero-order chi connectivity index (χ0) is 13.8. The zero-order valence-electron chi connectivity index (χ0n) is 10.7. The normalized spacial score (nSPS) is 10.3. The number of hydrogen-bond donors (Lipinski definition) is 1. The Hall–Kier alpha value is -1.07. The molecule has 0 aliphatic carbocycles. The van der Waals surface area contributed by atoms with Gasteiger partial charge in [0.05, 0.1) is 19.3 Å². The fourth-order valence-corrected chi connectivity index (χ4v) is 2.92. The third-order valence-corrected chi connectivity index (χ3v) is 3.76. The van der Waals surface area contributed by atoms with Crippen molar-refractivity contribution in [2.24, 2.45) is 0 Å². The highest BCUT2D eigenvalue weighted by atomic mass is 79.9. The van der Waals surface area contributed by atoms with E-state index in [0.717, 1.165) is 31.8 Å². The minimum absolute atomic E-state index is 0.651. The molecule has 0 aliphatic rings. The van der Waals surface area contributed by atoms with Crippen LogP contribution in [-0.4, -0.2) is 12.1 Å². The van der Waals surface area contributed by atoms with Gasteiger partial charge in [0, 0.05) is 32.5 Å². The number of hydrogen-bond acceptors (Lipinski definition) is 3. The van der Waals surface area contributed by atoms with Crippen molar-refractivity contribution in [1.82, 2.24) is 4.98 Å². The summed E-state index contributed by atoms with van der Waals surface area (Å²) in [6, 6.07) is 9.87. The second-order valence-electron chi connectivity index (χ2n) is 4.12. The maximum atomic E-state index is 5.24. The molecule has 1 heterocycles. The van der Waals surface area contributed by atoms with Crippen LogP contribution in [0.15, 0.2) is 39.3 Å². The molecule has 0 aliphatic heterocycles. The molecule has 5 heteroatoms. The minimum atomic E-state index is 0.651. The van der Waals surface area contributed by atoms with Crippen LogP contribution in [0.3, 0.4) is 0 Å². The van der Waals surface area contributed by atoms with Gasteiger partial charge in [0.25, 0.3) is 0 Å². The van der Waals surface area contributed by atoms with Crippen LogP contribution in [0.1, 0.15) is 11.4 Å². The Morgan fingerprint density at radius 3 is 2.68 bits per heavy atom. The van der Waals surface area contributed by atoms with E-state index in [4.69, 9.17) is 4.74 Å². The highest BCUT2D eigenvalue weighted by Gasteiger charge is 2.03. The van der Waals surface area contributed by atoms with Gasteiger partial charge in [-0.1, -0.05) is 15.9 Å². The van der Waals surface area contributed by atoms with Gasteiger partial charge in [0.1, 0.15) is 5.75 Å². The van der Waals surface area contributed by atoms with E-state index in [1.807, 2.05) is 37.3 Å². The van der Waals surface area contributed by atoms with Crippen LogP contribution < -0.4 is 10.1 Å². The molecule has 0 amide bonds. The van der Waals surface area contributed by atoms with Crippen molar-refractivity contribution in [3.05, 3.63) is 50.7 Å². The van der Waals surface area contributed by atoms with E-state index in [0.29, 0.717) is 6.54 Å². The molecule has 3 nitrogen and oxygen atoms in total. The highest BCUT2D eigenvalue weighted by molar-refractivity contribution is 9.11. The zero-order valence-corrected chi connectivity index (χ0v) is 13.9. The molecule has 0 fully saturated rings. The molecule has 0 radical (unpaired) electrons. The Bertz CT molecular complexity index is 588. The summed E-state index contributed by atoms with van der Waals surface area (Å²) in [7, 11) is 1.66. The van der Waals surface area contributed by atoms with E-state index in [2.05, 4.69) is 42.2 Å². The molecule has 19 heavy (non-hydrogen) atoms. The van der Waals surface area contributed by atoms with Crippen molar-refractivity contribution >= 4 is 37.5 Å². The largest absolute Gasteiger partial charge is 0.497 e. The van der Waals surface area contributed by atoms with Crippen LogP contribution in [0.25, 0.3) is 0 Å². The van der Waals surface area contributed by atoms with Crippen molar-refractivity contribution in [1.29, 1.82) is 0 Å². The molecule has 2 rings (SSSR count). The van der Waals surface area contributed by atoms with Gasteiger partial charge in [-0.05, 0) is 41.1 Å². The Labute approximate surface area is 129 Å². The number of nitrogens with zero attached hydrogens (tertiary/aromatic N) is 1. The Balaban J connectivity index is 2.12. The molecule has 0 unspecified atom stereocenters. The highest BCUT2D eigenvalue weighted by Crippen LogP contribution is 2.26. The van der Waals surface area contributed by atoms with E-state index < -0.39 is 0 Å². The first-order valence-corrected chi connectivity index (χ1v) is 7.37. The molecular weight excluding hydrogens is 372 g/mol. The van der Waals surface area contributed by atoms with Gasteiger partial charge in [-0.15, -0.1) is 0 Å². The summed E-state index contributed by atoms with van der Waals surface area (Å²) in [5, 5.41) is 3.35. The van der Waals surface area contributed by atoms with Crippen LogP contribution >= 0.6 is 31.9 Å². The number of nitrogens with one attached hydrogen (secondary N) is 1. The molecular formula is C14H14Br2N2O. The van der Waals surface area contributed by atoms with Crippen LogP contribution in [-0.2, 0) is 6.54 Å². The molecule has 1 N–H and O–H groups in total. The first kappa shape index (κ1) is 14.3. The molecule has 2 aromatic rings. The predicted molar refractivity (Wildman–Crippen MR) is 84.7 cm³/mol. The summed E-state index contributed by atoms with van der Waals surface area (Å²) >= 11 is 6.96. The molecule has 1 aromatic carbocycles. The Morgan fingerprint density at radius 2 is 2.00 bits per heavy atom. The van der Waals surface area contributed by atoms with Crippen molar-refractivity contribution in [3.63, 3.8) is 0 Å². The van der Waals surface area contributed by atoms with Crippen molar-refractivity contribution in [2.75, 3.05) is 12.4 Å². The number of benzene rings is 1. The van der Waals surface area contributed by atoms with E-state index in [1.165, 1.54) is 0 Å². The SMILES string of the molecule is COc1cc(C)nc(CNc2ccc(Br)cc2Br)c1. The third-order valence-electron chi connectivity index (χ3n) is 2.61. The average molecular weight is 386 g/mol. The fraction of sp³-hybridized carbons (Fsp3) is 0.214. The standard InChI is InChI=1S/C14H14Br2N2O/c1-9-5-12(19-2)7-11(18-9)8-17-14-4-3-10(15)6-13(14)16/h3-7,17H,8H2,1-2H3. The first-order valence-electron chi connectivity index (χ1n) is 5.79. The lowest BCUT2D eigenvalue weighted by atomic mass is 10.2. The number of anilines is 1. The van der Waals surface area contributed by atoms with E-state index >= 15 is 0 Å². The minimum Gasteiger partial charge on any atom is -0.497 e. The smallest absolute Gasteiger partial charge is 0.122 e. The monoisotopic (exact) mass is 384 g/mol. The fourth-order valence-electron chi connectivity index (χ4n) is 1.73.